The fourth-order valence-corrected chi connectivity index (χ4v) is 5.17. The van der Waals surface area contributed by atoms with Crippen molar-refractivity contribution in [2.45, 2.75) is 64.7 Å². The second-order valence-electron chi connectivity index (χ2n) is 9.27. The van der Waals surface area contributed by atoms with Gasteiger partial charge in [-0.2, -0.15) is 0 Å². The number of hydrogen-bond acceptors (Lipinski definition) is 8. The van der Waals surface area contributed by atoms with Gasteiger partial charge in [-0.25, -0.2) is 9.78 Å². The highest BCUT2D eigenvalue weighted by Gasteiger charge is 2.45. The van der Waals surface area contributed by atoms with Crippen LogP contribution < -0.4 is 10.3 Å². The van der Waals surface area contributed by atoms with Gasteiger partial charge in [0.2, 0.25) is 0 Å². The Morgan fingerprint density at radius 1 is 1.16 bits per heavy atom. The first-order chi connectivity index (χ1) is 17.7. The van der Waals surface area contributed by atoms with Crippen molar-refractivity contribution < 1.29 is 34.1 Å². The maximum Gasteiger partial charge on any atom is 0.343 e. The van der Waals surface area contributed by atoms with Crippen molar-refractivity contribution in [3.8, 4) is 17.1 Å². The van der Waals surface area contributed by atoms with Gasteiger partial charge in [-0.05, 0) is 49.1 Å². The molecule has 3 aromatic rings. The number of cyclic esters (lactones) is 1. The molecule has 2 aromatic heterocycles. The van der Waals surface area contributed by atoms with E-state index in [2.05, 4.69) is 0 Å². The lowest BCUT2D eigenvalue weighted by atomic mass is 9.86. The minimum Gasteiger partial charge on any atom is -0.481 e. The van der Waals surface area contributed by atoms with Crippen molar-refractivity contribution in [1.29, 1.82) is 0 Å². The predicted octanol–water partition coefficient (Wildman–Crippen LogP) is 2.80. The van der Waals surface area contributed by atoms with Crippen LogP contribution in [0.1, 0.15) is 61.8 Å². The lowest BCUT2D eigenvalue weighted by molar-refractivity contribution is -0.172. The van der Waals surface area contributed by atoms with E-state index in [-0.39, 0.29) is 55.5 Å². The predicted molar refractivity (Wildman–Crippen MR) is 131 cm³/mol. The minimum absolute atomic E-state index is 0.00731. The van der Waals surface area contributed by atoms with Gasteiger partial charge in [0.1, 0.15) is 12.4 Å². The van der Waals surface area contributed by atoms with Gasteiger partial charge in [-0.15, -0.1) is 0 Å². The van der Waals surface area contributed by atoms with E-state index in [0.29, 0.717) is 29.1 Å². The number of nitrogens with zero attached hydrogens (tertiary/aromatic N) is 2. The van der Waals surface area contributed by atoms with Crippen LogP contribution in [0.15, 0.2) is 29.1 Å². The molecular formula is C27H26N2O8. The fraction of sp³-hybridized carbons (Fsp3) is 0.370. The molecule has 2 aliphatic rings. The lowest BCUT2D eigenvalue weighted by Crippen LogP contribution is -2.44. The van der Waals surface area contributed by atoms with E-state index in [1.165, 1.54) is 0 Å². The van der Waals surface area contributed by atoms with E-state index in [4.69, 9.17) is 19.6 Å². The van der Waals surface area contributed by atoms with Crippen molar-refractivity contribution in [3.05, 3.63) is 56.9 Å². The lowest BCUT2D eigenvalue weighted by Gasteiger charge is -2.31. The van der Waals surface area contributed by atoms with Gasteiger partial charge >= 0.3 is 17.9 Å². The van der Waals surface area contributed by atoms with Gasteiger partial charge in [0, 0.05) is 29.4 Å². The summed E-state index contributed by atoms with van der Waals surface area (Å²) in [5.41, 5.74) is 1.90. The number of pyridine rings is 2. The molecule has 5 rings (SSSR count). The third-order valence-electron chi connectivity index (χ3n) is 7.13. The molecule has 0 bridgehead atoms. The smallest absolute Gasteiger partial charge is 0.343 e. The van der Waals surface area contributed by atoms with Gasteiger partial charge in [0.25, 0.3) is 5.56 Å². The number of fused-ring (bicyclic) bond motifs is 5. The third-order valence-corrected chi connectivity index (χ3v) is 7.13. The first kappa shape index (κ1) is 24.6. The molecule has 0 saturated heterocycles. The Balaban J connectivity index is 1.57. The SMILES string of the molecule is CCc1c2c(nc3ccc(OC(=O)CCCC(=O)O)cc13)-c1cc3c(c(=O)n1C2)COC(=O)[C@]3(O)CC. The zero-order valence-corrected chi connectivity index (χ0v) is 20.5. The monoisotopic (exact) mass is 506 g/mol. The standard InChI is InChI=1S/C27H26N2O8/c1-3-15-16-10-14(37-23(32)7-5-6-22(30)31)8-9-20(16)28-24-17(15)12-29-21(24)11-19-18(25(29)33)13-36-26(34)27(19,35)4-2/h8-11,35H,3-7,12-13H2,1-2H3,(H,30,31)/t27-/m0/s1. The first-order valence-electron chi connectivity index (χ1n) is 12.2. The van der Waals surface area contributed by atoms with Crippen LogP contribution >= 0.6 is 0 Å². The number of rotatable bonds is 7. The van der Waals surface area contributed by atoms with Crippen molar-refractivity contribution in [3.63, 3.8) is 0 Å². The Morgan fingerprint density at radius 2 is 1.95 bits per heavy atom. The number of carbonyl (C=O) groups is 3. The third kappa shape index (κ3) is 3.97. The fourth-order valence-electron chi connectivity index (χ4n) is 5.17. The average molecular weight is 507 g/mol. The molecule has 1 atom stereocenters. The molecule has 1 aromatic carbocycles. The topological polar surface area (TPSA) is 145 Å². The van der Waals surface area contributed by atoms with E-state index in [9.17, 15) is 24.3 Å². The molecule has 10 nitrogen and oxygen atoms in total. The highest BCUT2D eigenvalue weighted by molar-refractivity contribution is 5.90. The number of esters is 2. The first-order valence-corrected chi connectivity index (χ1v) is 12.2. The van der Waals surface area contributed by atoms with Crippen LogP contribution in [0.2, 0.25) is 0 Å². The number of aromatic nitrogens is 2. The number of ether oxygens (including phenoxy) is 2. The molecule has 0 radical (unpaired) electrons. The molecule has 0 saturated carbocycles. The summed E-state index contributed by atoms with van der Waals surface area (Å²) in [5, 5.41) is 20.6. The van der Waals surface area contributed by atoms with Crippen molar-refractivity contribution in [1.82, 2.24) is 9.55 Å². The Labute approximate surface area is 211 Å². The minimum atomic E-state index is -1.89. The number of aliphatic carboxylic acids is 1. The highest BCUT2D eigenvalue weighted by atomic mass is 16.6. The van der Waals surface area contributed by atoms with Gasteiger partial charge in [-0.1, -0.05) is 13.8 Å². The second-order valence-corrected chi connectivity index (χ2v) is 9.27. The van der Waals surface area contributed by atoms with Crippen LogP contribution in [0.25, 0.3) is 22.3 Å². The van der Waals surface area contributed by atoms with Crippen molar-refractivity contribution in [2.24, 2.45) is 0 Å². The molecule has 10 heteroatoms. The molecule has 0 spiro atoms. The van der Waals surface area contributed by atoms with Crippen LogP contribution in [-0.4, -0.2) is 37.7 Å². The molecular weight excluding hydrogens is 480 g/mol. The zero-order valence-electron chi connectivity index (χ0n) is 20.5. The average Bonchev–Trinajstić information content (AvgIpc) is 3.23. The summed E-state index contributed by atoms with van der Waals surface area (Å²) in [7, 11) is 0. The van der Waals surface area contributed by atoms with Crippen molar-refractivity contribution >= 4 is 28.8 Å². The van der Waals surface area contributed by atoms with E-state index < -0.39 is 23.5 Å². The van der Waals surface area contributed by atoms with E-state index >= 15 is 0 Å². The maximum atomic E-state index is 13.4. The summed E-state index contributed by atoms with van der Waals surface area (Å²) >= 11 is 0. The normalized spacial score (nSPS) is 17.6. The Kier molecular flexibility index (Phi) is 6.07. The second kappa shape index (κ2) is 9.11. The number of carboxylic acid groups (broad SMARTS) is 1. The Hall–Kier alpha value is -4.05. The zero-order chi connectivity index (χ0) is 26.5. The number of carboxylic acids is 1. The summed E-state index contributed by atoms with van der Waals surface area (Å²) in [5.74, 6) is -1.92. The summed E-state index contributed by atoms with van der Waals surface area (Å²) in [6, 6.07) is 6.76. The van der Waals surface area contributed by atoms with E-state index in [1.807, 2.05) is 6.92 Å². The van der Waals surface area contributed by atoms with Crippen LogP contribution in [-0.2, 0) is 44.3 Å². The number of carbonyl (C=O) groups excluding carboxylic acids is 2. The largest absolute Gasteiger partial charge is 0.481 e. The Morgan fingerprint density at radius 3 is 2.65 bits per heavy atom. The Bertz CT molecular complexity index is 1540. The summed E-state index contributed by atoms with van der Waals surface area (Å²) < 4.78 is 12.1. The van der Waals surface area contributed by atoms with E-state index in [0.717, 1.165) is 16.5 Å². The number of aliphatic hydroxyl groups is 1. The molecule has 4 heterocycles. The van der Waals surface area contributed by atoms with Gasteiger partial charge in [0.15, 0.2) is 5.60 Å². The van der Waals surface area contributed by atoms with Crippen molar-refractivity contribution in [2.75, 3.05) is 0 Å². The van der Waals surface area contributed by atoms with Crippen LogP contribution in [0.5, 0.6) is 5.75 Å². The molecule has 192 valence electrons. The van der Waals surface area contributed by atoms with E-state index in [1.54, 1.807) is 35.8 Å². The van der Waals surface area contributed by atoms with Gasteiger partial charge in [-0.3, -0.25) is 14.4 Å². The number of benzene rings is 1. The molecule has 0 fully saturated rings. The highest BCUT2D eigenvalue weighted by Crippen LogP contribution is 2.40. The summed E-state index contributed by atoms with van der Waals surface area (Å²) in [6.07, 6.45) is 0.769. The van der Waals surface area contributed by atoms with Crippen LogP contribution in [0.3, 0.4) is 0 Å². The molecule has 37 heavy (non-hydrogen) atoms. The molecule has 0 amide bonds. The maximum absolute atomic E-state index is 13.4. The number of hydrogen-bond donors (Lipinski definition) is 2. The quantitative estimate of drug-likeness (QED) is 0.285. The molecule has 0 unspecified atom stereocenters. The molecule has 0 aliphatic carbocycles. The summed E-state index contributed by atoms with van der Waals surface area (Å²) in [4.78, 5) is 53.4. The number of aryl methyl sites for hydroxylation is 1. The van der Waals surface area contributed by atoms with Crippen LogP contribution in [0, 0.1) is 0 Å². The van der Waals surface area contributed by atoms with Gasteiger partial charge in [0.05, 0.1) is 29.0 Å². The van der Waals surface area contributed by atoms with Gasteiger partial charge < -0.3 is 24.3 Å². The summed E-state index contributed by atoms with van der Waals surface area (Å²) in [6.45, 7) is 3.73. The molecule has 2 aliphatic heterocycles. The van der Waals surface area contributed by atoms with Crippen LogP contribution in [0.4, 0.5) is 0 Å². The molecule has 2 N–H and O–H groups in total.